The average molecular weight is 278 g/mol. The summed E-state index contributed by atoms with van der Waals surface area (Å²) < 4.78 is 45.2. The molecule has 0 aliphatic heterocycles. The summed E-state index contributed by atoms with van der Waals surface area (Å²) in [6.45, 7) is 0. The first kappa shape index (κ1) is 13.7. The summed E-state index contributed by atoms with van der Waals surface area (Å²) in [5.74, 6) is -2.99. The van der Waals surface area contributed by atoms with Gasteiger partial charge in [0, 0.05) is 11.8 Å². The van der Waals surface area contributed by atoms with Crippen LogP contribution < -0.4 is 10.1 Å². The predicted molar refractivity (Wildman–Crippen MR) is 67.3 cm³/mol. The molecule has 0 aliphatic rings. The van der Waals surface area contributed by atoms with E-state index in [1.54, 1.807) is 6.07 Å². The van der Waals surface area contributed by atoms with Crippen molar-refractivity contribution < 1.29 is 17.9 Å². The lowest BCUT2D eigenvalue weighted by Gasteiger charge is -2.10. The Bertz CT molecular complexity index is 696. The molecule has 2 aromatic carbocycles. The largest absolute Gasteiger partial charge is 0.494 e. The Balaban J connectivity index is 2.36. The van der Waals surface area contributed by atoms with Gasteiger partial charge in [0.1, 0.15) is 6.07 Å². The summed E-state index contributed by atoms with van der Waals surface area (Å²) in [6.07, 6.45) is 0. The lowest BCUT2D eigenvalue weighted by molar-refractivity contribution is 0.387. The first-order valence-electron chi connectivity index (χ1n) is 5.55. The van der Waals surface area contributed by atoms with Crippen LogP contribution in [-0.4, -0.2) is 7.11 Å². The van der Waals surface area contributed by atoms with E-state index in [1.165, 1.54) is 25.3 Å². The van der Waals surface area contributed by atoms with Crippen molar-refractivity contribution in [2.45, 2.75) is 0 Å². The van der Waals surface area contributed by atoms with Crippen LogP contribution in [0.2, 0.25) is 0 Å². The van der Waals surface area contributed by atoms with Gasteiger partial charge in [0.05, 0.1) is 18.4 Å². The van der Waals surface area contributed by atoms with Crippen molar-refractivity contribution in [1.82, 2.24) is 0 Å². The number of rotatable bonds is 3. The fourth-order valence-corrected chi connectivity index (χ4v) is 1.63. The third kappa shape index (κ3) is 2.52. The van der Waals surface area contributed by atoms with Gasteiger partial charge < -0.3 is 10.1 Å². The Kier molecular flexibility index (Phi) is 3.80. The van der Waals surface area contributed by atoms with Crippen LogP contribution in [0.1, 0.15) is 5.56 Å². The van der Waals surface area contributed by atoms with Gasteiger partial charge in [-0.2, -0.15) is 5.26 Å². The van der Waals surface area contributed by atoms with Gasteiger partial charge in [-0.15, -0.1) is 0 Å². The van der Waals surface area contributed by atoms with Crippen molar-refractivity contribution >= 4 is 11.4 Å². The lowest BCUT2D eigenvalue weighted by atomic mass is 10.2. The van der Waals surface area contributed by atoms with Crippen LogP contribution in [0.15, 0.2) is 30.3 Å². The quantitative estimate of drug-likeness (QED) is 0.930. The van der Waals surface area contributed by atoms with E-state index in [1.807, 2.05) is 0 Å². The van der Waals surface area contributed by atoms with Crippen molar-refractivity contribution in [3.63, 3.8) is 0 Å². The Hall–Kier alpha value is -2.68. The van der Waals surface area contributed by atoms with E-state index in [0.717, 1.165) is 12.1 Å². The monoisotopic (exact) mass is 278 g/mol. The molecule has 0 unspecified atom stereocenters. The third-order valence-corrected chi connectivity index (χ3v) is 2.63. The molecule has 0 amide bonds. The van der Waals surface area contributed by atoms with Crippen molar-refractivity contribution in [3.05, 3.63) is 53.3 Å². The predicted octanol–water partition coefficient (Wildman–Crippen LogP) is 3.73. The molecule has 0 spiro atoms. The van der Waals surface area contributed by atoms with E-state index in [0.29, 0.717) is 5.69 Å². The fraction of sp³-hybridized carbons (Fsp3) is 0.0714. The van der Waals surface area contributed by atoms with E-state index in [2.05, 4.69) is 5.32 Å². The number of methoxy groups -OCH3 is 1. The molecule has 0 fully saturated rings. The average Bonchev–Trinajstić information content (AvgIpc) is 2.46. The molecule has 0 saturated carbocycles. The van der Waals surface area contributed by atoms with Crippen LogP contribution in [0.4, 0.5) is 24.5 Å². The third-order valence-electron chi connectivity index (χ3n) is 2.63. The highest BCUT2D eigenvalue weighted by Gasteiger charge is 2.13. The number of nitriles is 1. The maximum Gasteiger partial charge on any atom is 0.183 e. The lowest BCUT2D eigenvalue weighted by Crippen LogP contribution is -1.99. The van der Waals surface area contributed by atoms with Crippen LogP contribution in [0, 0.1) is 28.8 Å². The second-order valence-corrected chi connectivity index (χ2v) is 3.87. The molecule has 2 aromatic rings. The standard InChI is InChI=1S/C14H9F3N2O/c1-20-12-6-9(3-4-10(12)15)19-11-5-2-8(7-18)13(16)14(11)17/h2-6,19H,1H3. The molecule has 6 heteroatoms. The molecule has 0 heterocycles. The molecule has 1 N–H and O–H groups in total. The summed E-state index contributed by atoms with van der Waals surface area (Å²) in [5.41, 5.74) is -0.217. The molecule has 0 aromatic heterocycles. The van der Waals surface area contributed by atoms with Gasteiger partial charge >= 0.3 is 0 Å². The van der Waals surface area contributed by atoms with Crippen LogP contribution in [0.5, 0.6) is 5.75 Å². The number of nitrogens with one attached hydrogen (secondary N) is 1. The van der Waals surface area contributed by atoms with Crippen molar-refractivity contribution in [2.24, 2.45) is 0 Å². The zero-order chi connectivity index (χ0) is 14.7. The number of halogens is 3. The SMILES string of the molecule is COc1cc(Nc2ccc(C#N)c(F)c2F)ccc1F. The highest BCUT2D eigenvalue weighted by Crippen LogP contribution is 2.27. The normalized spacial score (nSPS) is 9.95. The number of hydrogen-bond acceptors (Lipinski definition) is 3. The summed E-state index contributed by atoms with van der Waals surface area (Å²) in [7, 11) is 1.30. The van der Waals surface area contributed by atoms with Gasteiger partial charge in [-0.1, -0.05) is 0 Å². The van der Waals surface area contributed by atoms with Crippen LogP contribution >= 0.6 is 0 Å². The van der Waals surface area contributed by atoms with Gasteiger partial charge in [-0.05, 0) is 24.3 Å². The molecule has 102 valence electrons. The molecule has 0 radical (unpaired) electrons. The summed E-state index contributed by atoms with van der Waals surface area (Å²) in [5, 5.41) is 11.2. The van der Waals surface area contributed by atoms with Crippen LogP contribution in [-0.2, 0) is 0 Å². The number of hydrogen-bond donors (Lipinski definition) is 1. The number of ether oxygens (including phenoxy) is 1. The summed E-state index contributed by atoms with van der Waals surface area (Å²) in [6, 6.07) is 7.73. The fourth-order valence-electron chi connectivity index (χ4n) is 1.63. The Morgan fingerprint density at radius 1 is 1.10 bits per heavy atom. The van der Waals surface area contributed by atoms with Gasteiger partial charge in [0.15, 0.2) is 23.2 Å². The van der Waals surface area contributed by atoms with E-state index in [4.69, 9.17) is 10.00 Å². The highest BCUT2D eigenvalue weighted by molar-refractivity contribution is 5.63. The summed E-state index contributed by atoms with van der Waals surface area (Å²) >= 11 is 0. The Morgan fingerprint density at radius 2 is 1.85 bits per heavy atom. The number of benzene rings is 2. The molecule has 0 atom stereocenters. The first-order valence-corrected chi connectivity index (χ1v) is 5.55. The molecule has 2 rings (SSSR count). The van der Waals surface area contributed by atoms with Crippen molar-refractivity contribution in [3.8, 4) is 11.8 Å². The first-order chi connectivity index (χ1) is 9.56. The zero-order valence-electron chi connectivity index (χ0n) is 10.4. The summed E-state index contributed by atoms with van der Waals surface area (Å²) in [4.78, 5) is 0. The minimum atomic E-state index is -1.23. The Labute approximate surface area is 113 Å². The minimum Gasteiger partial charge on any atom is -0.494 e. The highest BCUT2D eigenvalue weighted by atomic mass is 19.2. The molecule has 20 heavy (non-hydrogen) atoms. The molecule has 3 nitrogen and oxygen atoms in total. The maximum atomic E-state index is 13.7. The minimum absolute atomic E-state index is 0.0236. The van der Waals surface area contributed by atoms with Gasteiger partial charge in [-0.25, -0.2) is 13.2 Å². The van der Waals surface area contributed by atoms with Gasteiger partial charge in [-0.3, -0.25) is 0 Å². The van der Waals surface area contributed by atoms with E-state index in [-0.39, 0.29) is 17.0 Å². The molecule has 0 saturated heterocycles. The molecule has 0 aliphatic carbocycles. The maximum absolute atomic E-state index is 13.7. The van der Waals surface area contributed by atoms with E-state index < -0.39 is 17.5 Å². The second kappa shape index (κ2) is 5.53. The second-order valence-electron chi connectivity index (χ2n) is 3.87. The van der Waals surface area contributed by atoms with Crippen molar-refractivity contribution in [1.29, 1.82) is 5.26 Å². The zero-order valence-corrected chi connectivity index (χ0v) is 10.4. The van der Waals surface area contributed by atoms with E-state index >= 15 is 0 Å². The molecular weight excluding hydrogens is 269 g/mol. The topological polar surface area (TPSA) is 45.0 Å². The number of anilines is 2. The number of nitrogens with zero attached hydrogens (tertiary/aromatic N) is 1. The van der Waals surface area contributed by atoms with Gasteiger partial charge in [0.25, 0.3) is 0 Å². The Morgan fingerprint density at radius 3 is 2.50 bits per heavy atom. The van der Waals surface area contributed by atoms with Gasteiger partial charge in [0.2, 0.25) is 0 Å². The van der Waals surface area contributed by atoms with Crippen molar-refractivity contribution in [2.75, 3.05) is 12.4 Å². The molecule has 0 bridgehead atoms. The van der Waals surface area contributed by atoms with E-state index in [9.17, 15) is 13.2 Å². The molecular formula is C14H9F3N2O. The van der Waals surface area contributed by atoms with Crippen LogP contribution in [0.3, 0.4) is 0 Å². The van der Waals surface area contributed by atoms with Crippen LogP contribution in [0.25, 0.3) is 0 Å². The smallest absolute Gasteiger partial charge is 0.183 e.